The number of nitrogens with one attached hydrogen (secondary N) is 3. The van der Waals surface area contributed by atoms with Crippen molar-refractivity contribution in [2.45, 2.75) is 94.1 Å². The average molecular weight is 712 g/mol. The van der Waals surface area contributed by atoms with Gasteiger partial charge in [0.25, 0.3) is 5.91 Å². The zero-order valence-electron chi connectivity index (χ0n) is 30.0. The number of carbonyl (C=O) groups is 3. The average Bonchev–Trinajstić information content (AvgIpc) is 3.10. The van der Waals surface area contributed by atoms with E-state index < -0.39 is 41.6 Å². The third-order valence-corrected chi connectivity index (χ3v) is 10.0. The van der Waals surface area contributed by atoms with Gasteiger partial charge in [0.1, 0.15) is 11.7 Å². The molecule has 3 heterocycles. The number of likely N-dealkylation sites (tertiary alicyclic amines) is 1. The van der Waals surface area contributed by atoms with Crippen LogP contribution in [-0.4, -0.2) is 90.8 Å². The number of benzene rings is 2. The monoisotopic (exact) mass is 711 g/mol. The number of hydrogen-bond acceptors (Lipinski definition) is 9. The van der Waals surface area contributed by atoms with Gasteiger partial charge in [-0.15, -0.1) is 0 Å². The first-order valence-corrected chi connectivity index (χ1v) is 18.4. The molecule has 1 aliphatic heterocycles. The first-order valence-electron chi connectivity index (χ1n) is 17.5. The molecule has 1 aliphatic rings. The van der Waals surface area contributed by atoms with Gasteiger partial charge in [-0.3, -0.25) is 19.3 Å². The molecule has 1 fully saturated rings. The minimum absolute atomic E-state index is 0.109. The number of piperidine rings is 1. The van der Waals surface area contributed by atoms with Crippen molar-refractivity contribution in [3.05, 3.63) is 96.4 Å². The topological polar surface area (TPSA) is 149 Å². The molecule has 0 saturated carbocycles. The molecule has 270 valence electrons. The lowest BCUT2D eigenvalue weighted by Crippen LogP contribution is -2.60. The summed E-state index contributed by atoms with van der Waals surface area (Å²) in [7, 11) is 0. The van der Waals surface area contributed by atoms with Crippen molar-refractivity contribution < 1.29 is 19.5 Å². The maximum absolute atomic E-state index is 14.0. The Hall–Kier alpha value is -4.39. The highest BCUT2D eigenvalue weighted by Crippen LogP contribution is 2.31. The zero-order valence-corrected chi connectivity index (χ0v) is 30.8. The second-order valence-electron chi connectivity index (χ2n) is 14.5. The van der Waals surface area contributed by atoms with Crippen molar-refractivity contribution in [1.29, 1.82) is 0 Å². The second kappa shape index (κ2) is 17.2. The number of fused-ring (bicyclic) bond motifs is 1. The fourth-order valence-electron chi connectivity index (χ4n) is 6.26. The number of aliphatic hydroxyl groups is 1. The van der Waals surface area contributed by atoms with Crippen LogP contribution in [0.1, 0.15) is 63.5 Å². The Morgan fingerprint density at radius 1 is 0.941 bits per heavy atom. The summed E-state index contributed by atoms with van der Waals surface area (Å²) in [4.78, 5) is 56.3. The molecule has 2 aromatic heterocycles. The van der Waals surface area contributed by atoms with Gasteiger partial charge in [0.05, 0.1) is 23.7 Å². The van der Waals surface area contributed by atoms with Gasteiger partial charge in [0.15, 0.2) is 5.16 Å². The number of aliphatic hydroxyl groups excluding tert-OH is 1. The summed E-state index contributed by atoms with van der Waals surface area (Å²) in [6.45, 7) is 10.3. The van der Waals surface area contributed by atoms with E-state index in [1.54, 1.807) is 36.3 Å². The number of thioether (sulfide) groups is 1. The van der Waals surface area contributed by atoms with Gasteiger partial charge in [0, 0.05) is 41.7 Å². The van der Waals surface area contributed by atoms with E-state index >= 15 is 0 Å². The van der Waals surface area contributed by atoms with Crippen LogP contribution in [0.3, 0.4) is 0 Å². The van der Waals surface area contributed by atoms with Crippen molar-refractivity contribution >= 4 is 40.4 Å². The smallest absolute Gasteiger partial charge is 0.270 e. The third-order valence-electron chi connectivity index (χ3n) is 8.86. The molecule has 4 aromatic rings. The molecule has 11 nitrogen and oxygen atoms in total. The van der Waals surface area contributed by atoms with Crippen LogP contribution in [-0.2, 0) is 16.0 Å². The lowest BCUT2D eigenvalue weighted by atomic mass is 9.95. The molecule has 3 amide bonds. The Morgan fingerprint density at radius 3 is 2.35 bits per heavy atom. The highest BCUT2D eigenvalue weighted by molar-refractivity contribution is 7.99. The van der Waals surface area contributed by atoms with E-state index in [-0.39, 0.29) is 29.3 Å². The van der Waals surface area contributed by atoms with Crippen LogP contribution in [0.5, 0.6) is 0 Å². The number of amides is 3. The molecule has 51 heavy (non-hydrogen) atoms. The molecule has 12 heteroatoms. The molecule has 4 unspecified atom stereocenters. The van der Waals surface area contributed by atoms with Crippen LogP contribution in [0.25, 0.3) is 10.9 Å². The quantitative estimate of drug-likeness (QED) is 0.148. The molecule has 0 radical (unpaired) electrons. The molecule has 0 aliphatic carbocycles. The number of aromatic nitrogens is 3. The lowest BCUT2D eigenvalue weighted by molar-refractivity contribution is -0.130. The van der Waals surface area contributed by atoms with Crippen molar-refractivity contribution in [3.63, 3.8) is 0 Å². The Kier molecular flexibility index (Phi) is 12.8. The zero-order chi connectivity index (χ0) is 36.5. The van der Waals surface area contributed by atoms with Gasteiger partial charge in [-0.25, -0.2) is 15.0 Å². The summed E-state index contributed by atoms with van der Waals surface area (Å²) in [5.41, 5.74) is 1.40. The van der Waals surface area contributed by atoms with Gasteiger partial charge in [-0.2, -0.15) is 0 Å². The minimum Gasteiger partial charge on any atom is -0.390 e. The van der Waals surface area contributed by atoms with E-state index in [1.807, 2.05) is 100 Å². The fourth-order valence-corrected chi connectivity index (χ4v) is 7.31. The van der Waals surface area contributed by atoms with E-state index in [1.165, 1.54) is 0 Å². The molecular weight excluding hydrogens is 663 g/mol. The van der Waals surface area contributed by atoms with Gasteiger partial charge in [-0.05, 0) is 69.7 Å². The number of carbonyl (C=O) groups excluding carboxylic acids is 3. The largest absolute Gasteiger partial charge is 0.390 e. The highest BCUT2D eigenvalue weighted by atomic mass is 32.2. The first-order chi connectivity index (χ1) is 24.4. The second-order valence-corrected chi connectivity index (χ2v) is 15.8. The maximum Gasteiger partial charge on any atom is 0.270 e. The Bertz CT molecular complexity index is 1770. The van der Waals surface area contributed by atoms with Crippen LogP contribution in [0.15, 0.2) is 90.3 Å². The number of nitrogens with zero attached hydrogens (tertiary/aromatic N) is 4. The summed E-state index contributed by atoms with van der Waals surface area (Å²) < 4.78 is 0. The Morgan fingerprint density at radius 2 is 1.65 bits per heavy atom. The van der Waals surface area contributed by atoms with Crippen LogP contribution in [0, 0.1) is 5.92 Å². The molecule has 4 N–H and O–H groups in total. The van der Waals surface area contributed by atoms with Crippen molar-refractivity contribution in [1.82, 2.24) is 35.8 Å². The standard InChI is InChI=1S/C39H49N7O4S/c1-25(2)34(44-35(48)30-17-16-27-14-9-10-15-29(27)42-30)37(50)43-31(22-26-12-7-6-8-13-26)33(47)24-46-21-18-28(51-38-40-19-11-20-41-38)23-32(46)36(49)45-39(3,4)5/h6-17,19-20,25,28,31-34,47H,18,21-24H2,1-5H3,(H,43,50)(H,44,48)(H,45,49)/t28?,31?,32?,33?,34-/m0/s1. The summed E-state index contributed by atoms with van der Waals surface area (Å²) in [5.74, 6) is -1.22. The van der Waals surface area contributed by atoms with Gasteiger partial charge in [-0.1, -0.05) is 80.2 Å². The third kappa shape index (κ3) is 10.8. The highest BCUT2D eigenvalue weighted by Gasteiger charge is 2.38. The van der Waals surface area contributed by atoms with Gasteiger partial charge in [0.2, 0.25) is 11.8 Å². The van der Waals surface area contributed by atoms with E-state index in [2.05, 4.69) is 30.9 Å². The van der Waals surface area contributed by atoms with Crippen molar-refractivity contribution in [2.24, 2.45) is 5.92 Å². The predicted molar refractivity (Wildman–Crippen MR) is 200 cm³/mol. The molecule has 5 atom stereocenters. The Labute approximate surface area is 304 Å². The Balaban J connectivity index is 1.33. The summed E-state index contributed by atoms with van der Waals surface area (Å²) >= 11 is 1.56. The van der Waals surface area contributed by atoms with Crippen LogP contribution in [0.2, 0.25) is 0 Å². The van der Waals surface area contributed by atoms with E-state index in [4.69, 9.17) is 0 Å². The molecule has 0 bridgehead atoms. The van der Waals surface area contributed by atoms with Gasteiger partial charge < -0.3 is 21.1 Å². The number of rotatable bonds is 13. The van der Waals surface area contributed by atoms with Crippen molar-refractivity contribution in [3.8, 4) is 0 Å². The number of β-amino-alcohol motifs (C(OH)–C–C–N with tert-alkyl or cyclic N) is 1. The predicted octanol–water partition coefficient (Wildman–Crippen LogP) is 4.41. The summed E-state index contributed by atoms with van der Waals surface area (Å²) in [6.07, 6.45) is 4.08. The normalized spacial score (nSPS) is 18.5. The van der Waals surface area contributed by atoms with Crippen molar-refractivity contribution in [2.75, 3.05) is 13.1 Å². The maximum atomic E-state index is 14.0. The molecule has 0 spiro atoms. The van der Waals surface area contributed by atoms with Crippen LogP contribution < -0.4 is 16.0 Å². The van der Waals surface area contributed by atoms with E-state index in [0.717, 1.165) is 17.4 Å². The lowest BCUT2D eigenvalue weighted by Gasteiger charge is -2.41. The van der Waals surface area contributed by atoms with Gasteiger partial charge >= 0.3 is 0 Å². The summed E-state index contributed by atoms with van der Waals surface area (Å²) in [5, 5.41) is 22.7. The summed E-state index contributed by atoms with van der Waals surface area (Å²) in [6, 6.07) is 20.4. The number of hydrogen-bond donors (Lipinski definition) is 4. The first kappa shape index (κ1) is 37.9. The molecule has 2 aromatic carbocycles. The molecular formula is C39H49N7O4S. The van der Waals surface area contributed by atoms with E-state index in [9.17, 15) is 19.5 Å². The van der Waals surface area contributed by atoms with Crippen LogP contribution >= 0.6 is 11.8 Å². The number of pyridine rings is 1. The van der Waals surface area contributed by atoms with Crippen LogP contribution in [0.4, 0.5) is 0 Å². The fraction of sp³-hybridized carbons (Fsp3) is 0.436. The SMILES string of the molecule is CC(C)[C@H](NC(=O)c1ccc2ccccc2n1)C(=O)NC(Cc1ccccc1)C(O)CN1CCC(Sc2ncccn2)CC1C(=O)NC(C)(C)C. The molecule has 1 saturated heterocycles. The number of para-hydroxylation sites is 1. The van der Waals surface area contributed by atoms with E-state index in [0.29, 0.717) is 30.1 Å². The minimum atomic E-state index is -1.02. The molecule has 5 rings (SSSR count).